The monoisotopic (exact) mass is 479 g/mol. The van der Waals surface area contributed by atoms with Crippen molar-refractivity contribution in [3.8, 4) is 0 Å². The fourth-order valence-corrected chi connectivity index (χ4v) is 4.06. The second-order valence-corrected chi connectivity index (χ2v) is 7.78. The molecule has 0 saturated carbocycles. The van der Waals surface area contributed by atoms with E-state index in [1.54, 1.807) is 0 Å². The molecule has 0 unspecified atom stereocenters. The normalized spacial score (nSPS) is 21.4. The number of hydrogen-bond acceptors (Lipinski definition) is 3. The average molecular weight is 479 g/mol. The van der Waals surface area contributed by atoms with Gasteiger partial charge in [0.15, 0.2) is 5.96 Å². The van der Waals surface area contributed by atoms with Gasteiger partial charge in [-0.1, -0.05) is 20.3 Å². The third kappa shape index (κ3) is 8.74. The summed E-state index contributed by atoms with van der Waals surface area (Å²) >= 11 is 0. The molecule has 2 fully saturated rings. The fraction of sp³-hybridized carbons (Fsp3) is 0.950. The quantitative estimate of drug-likeness (QED) is 0.319. The van der Waals surface area contributed by atoms with E-state index in [1.807, 2.05) is 7.05 Å². The van der Waals surface area contributed by atoms with Crippen molar-refractivity contribution in [2.24, 2.45) is 10.9 Å². The number of aliphatic imine (C=N–C) groups is 1. The van der Waals surface area contributed by atoms with Crippen LogP contribution in [0.5, 0.6) is 0 Å². The summed E-state index contributed by atoms with van der Waals surface area (Å²) in [4.78, 5) is 9.61. The highest BCUT2D eigenvalue weighted by molar-refractivity contribution is 14.0. The van der Waals surface area contributed by atoms with Crippen LogP contribution in [0.1, 0.15) is 58.8 Å². The maximum Gasteiger partial charge on any atom is 0.191 e. The third-order valence-electron chi connectivity index (χ3n) is 5.98. The van der Waals surface area contributed by atoms with Crippen LogP contribution >= 0.6 is 24.0 Å². The van der Waals surface area contributed by atoms with E-state index in [2.05, 4.69) is 39.3 Å². The van der Waals surface area contributed by atoms with Crippen molar-refractivity contribution in [1.29, 1.82) is 0 Å². The Morgan fingerprint density at radius 3 is 2.23 bits per heavy atom. The highest BCUT2D eigenvalue weighted by Crippen LogP contribution is 2.19. The van der Waals surface area contributed by atoms with Crippen molar-refractivity contribution < 1.29 is 0 Å². The van der Waals surface area contributed by atoms with Crippen molar-refractivity contribution in [3.63, 3.8) is 0 Å². The Labute approximate surface area is 178 Å². The van der Waals surface area contributed by atoms with Gasteiger partial charge < -0.3 is 20.4 Å². The Morgan fingerprint density at radius 2 is 1.65 bits per heavy atom. The number of unbranched alkanes of at least 4 members (excludes halogenated alkanes) is 1. The summed E-state index contributed by atoms with van der Waals surface area (Å²) in [5, 5.41) is 7.19. The predicted molar refractivity (Wildman–Crippen MR) is 124 cm³/mol. The van der Waals surface area contributed by atoms with Crippen molar-refractivity contribution in [1.82, 2.24) is 20.4 Å². The first-order valence-electron chi connectivity index (χ1n) is 10.7. The average Bonchev–Trinajstić information content (AvgIpc) is 2.67. The van der Waals surface area contributed by atoms with Gasteiger partial charge in [0, 0.05) is 32.7 Å². The molecule has 0 aliphatic carbocycles. The van der Waals surface area contributed by atoms with Gasteiger partial charge in [0.2, 0.25) is 0 Å². The van der Waals surface area contributed by atoms with Gasteiger partial charge in [0.1, 0.15) is 0 Å². The summed E-state index contributed by atoms with van der Waals surface area (Å²) in [5.74, 6) is 1.88. The summed E-state index contributed by atoms with van der Waals surface area (Å²) < 4.78 is 0. The first-order valence-corrected chi connectivity index (χ1v) is 10.7. The van der Waals surface area contributed by atoms with Gasteiger partial charge >= 0.3 is 0 Å². The Balaban J connectivity index is 0.00000338. The summed E-state index contributed by atoms with van der Waals surface area (Å²) in [6.07, 6.45) is 9.09. The third-order valence-corrected chi connectivity index (χ3v) is 5.98. The van der Waals surface area contributed by atoms with Gasteiger partial charge in [0.25, 0.3) is 0 Å². The van der Waals surface area contributed by atoms with Crippen molar-refractivity contribution in [2.45, 2.75) is 64.8 Å². The summed E-state index contributed by atoms with van der Waals surface area (Å²) in [5.41, 5.74) is 0. The maximum atomic E-state index is 4.43. The topological polar surface area (TPSA) is 42.9 Å². The van der Waals surface area contributed by atoms with Gasteiger partial charge in [-0.05, 0) is 70.6 Å². The van der Waals surface area contributed by atoms with Gasteiger partial charge in [-0.25, -0.2) is 0 Å². The van der Waals surface area contributed by atoms with Crippen LogP contribution in [0.25, 0.3) is 0 Å². The Morgan fingerprint density at radius 1 is 1.00 bits per heavy atom. The van der Waals surface area contributed by atoms with Gasteiger partial charge in [0.05, 0.1) is 0 Å². The van der Waals surface area contributed by atoms with Crippen LogP contribution in [0, 0.1) is 5.92 Å². The zero-order valence-corrected chi connectivity index (χ0v) is 19.6. The molecule has 5 nitrogen and oxygen atoms in total. The number of halogens is 1. The standard InChI is InChI=1S/C20H41N5.HI/c1-4-6-13-25-16-10-19(11-17-25)23-20(21-3)22-12-7-18-8-14-24(5-2)15-9-18;/h18-19H,4-17H2,1-3H3,(H2,21,22,23);1H. The summed E-state index contributed by atoms with van der Waals surface area (Å²) in [7, 11) is 1.89. The van der Waals surface area contributed by atoms with E-state index >= 15 is 0 Å². The van der Waals surface area contributed by atoms with Crippen molar-refractivity contribution in [2.75, 3.05) is 52.9 Å². The molecule has 154 valence electrons. The smallest absolute Gasteiger partial charge is 0.191 e. The lowest BCUT2D eigenvalue weighted by Crippen LogP contribution is -2.49. The van der Waals surface area contributed by atoms with Gasteiger partial charge in [-0.15, -0.1) is 24.0 Å². The number of guanidine groups is 1. The second kappa shape index (κ2) is 14.0. The predicted octanol–water partition coefficient (Wildman–Crippen LogP) is 3.16. The molecule has 6 heteroatoms. The zero-order chi connectivity index (χ0) is 17.9. The molecule has 0 bridgehead atoms. The maximum absolute atomic E-state index is 4.43. The Hall–Kier alpha value is -0.0800. The van der Waals surface area contributed by atoms with E-state index in [9.17, 15) is 0 Å². The summed E-state index contributed by atoms with van der Waals surface area (Å²) in [6.45, 7) is 13.1. The van der Waals surface area contributed by atoms with Crippen LogP contribution in [-0.2, 0) is 0 Å². The van der Waals surface area contributed by atoms with Crippen LogP contribution in [0.3, 0.4) is 0 Å². The molecule has 2 rings (SSSR count). The SMILES string of the molecule is CCCCN1CCC(NC(=NC)NCCC2CCN(CC)CC2)CC1.I. The van der Waals surface area contributed by atoms with Crippen LogP contribution in [0.2, 0.25) is 0 Å². The fourth-order valence-electron chi connectivity index (χ4n) is 4.06. The number of hydrogen-bond donors (Lipinski definition) is 2. The van der Waals surface area contributed by atoms with E-state index in [1.165, 1.54) is 84.2 Å². The number of likely N-dealkylation sites (tertiary alicyclic amines) is 2. The molecule has 0 atom stereocenters. The molecule has 0 aromatic heterocycles. The minimum Gasteiger partial charge on any atom is -0.356 e. The Bertz CT molecular complexity index is 374. The minimum absolute atomic E-state index is 0. The van der Waals surface area contributed by atoms with E-state index in [-0.39, 0.29) is 24.0 Å². The molecule has 0 aromatic rings. The number of nitrogens with zero attached hydrogens (tertiary/aromatic N) is 3. The van der Waals surface area contributed by atoms with E-state index < -0.39 is 0 Å². The lowest BCUT2D eigenvalue weighted by Gasteiger charge is -2.33. The highest BCUT2D eigenvalue weighted by Gasteiger charge is 2.20. The first kappa shape index (κ1) is 24.0. The lowest BCUT2D eigenvalue weighted by molar-refractivity contribution is 0.187. The van der Waals surface area contributed by atoms with E-state index in [0.717, 1.165) is 18.4 Å². The molecule has 0 aromatic carbocycles. The van der Waals surface area contributed by atoms with Gasteiger partial charge in [-0.3, -0.25) is 4.99 Å². The second-order valence-electron chi connectivity index (χ2n) is 7.78. The Kier molecular flexibility index (Phi) is 12.9. The van der Waals surface area contributed by atoms with Crippen molar-refractivity contribution in [3.05, 3.63) is 0 Å². The van der Waals surface area contributed by atoms with Crippen LogP contribution in [-0.4, -0.2) is 74.7 Å². The van der Waals surface area contributed by atoms with Crippen LogP contribution < -0.4 is 10.6 Å². The molecule has 2 heterocycles. The molecular formula is C20H42IN5. The number of nitrogens with one attached hydrogen (secondary N) is 2. The molecule has 0 spiro atoms. The van der Waals surface area contributed by atoms with E-state index in [4.69, 9.17) is 0 Å². The number of rotatable bonds is 8. The molecule has 0 radical (unpaired) electrons. The summed E-state index contributed by atoms with van der Waals surface area (Å²) in [6, 6.07) is 0.580. The van der Waals surface area contributed by atoms with E-state index in [0.29, 0.717) is 6.04 Å². The van der Waals surface area contributed by atoms with Gasteiger partial charge in [-0.2, -0.15) is 0 Å². The molecule has 2 aliphatic heterocycles. The van der Waals surface area contributed by atoms with Crippen molar-refractivity contribution >= 4 is 29.9 Å². The molecule has 2 saturated heterocycles. The lowest BCUT2D eigenvalue weighted by atomic mass is 9.93. The van der Waals surface area contributed by atoms with Crippen LogP contribution in [0.4, 0.5) is 0 Å². The molecular weight excluding hydrogens is 437 g/mol. The highest BCUT2D eigenvalue weighted by atomic mass is 127. The minimum atomic E-state index is 0. The molecule has 2 N–H and O–H groups in total. The largest absolute Gasteiger partial charge is 0.356 e. The zero-order valence-electron chi connectivity index (χ0n) is 17.3. The molecule has 26 heavy (non-hydrogen) atoms. The number of piperidine rings is 2. The van der Waals surface area contributed by atoms with Crippen LogP contribution in [0.15, 0.2) is 4.99 Å². The molecule has 2 aliphatic rings. The molecule has 0 amide bonds. The first-order chi connectivity index (χ1) is 12.2.